The van der Waals surface area contributed by atoms with Crippen molar-refractivity contribution in [2.75, 3.05) is 0 Å². The molecule has 0 aliphatic carbocycles. The molecule has 0 bridgehead atoms. The number of hydrogen-bond donors (Lipinski definition) is 1. The van der Waals surface area contributed by atoms with E-state index in [4.69, 9.17) is 0 Å². The van der Waals surface area contributed by atoms with Crippen LogP contribution in [0.25, 0.3) is 11.0 Å². The predicted molar refractivity (Wildman–Crippen MR) is 128 cm³/mol. The molecule has 2 heterocycles. The zero-order valence-electron chi connectivity index (χ0n) is 19.2. The van der Waals surface area contributed by atoms with Gasteiger partial charge in [0.15, 0.2) is 0 Å². The van der Waals surface area contributed by atoms with Crippen LogP contribution in [0, 0.1) is 11.6 Å². The lowest BCUT2D eigenvalue weighted by molar-refractivity contribution is 0.0938. The summed E-state index contributed by atoms with van der Waals surface area (Å²) < 4.78 is 28.1. The molecule has 1 N–H and O–H groups in total. The van der Waals surface area contributed by atoms with E-state index >= 15 is 0 Å². The molecule has 4 aromatic rings. The number of halogens is 2. The second-order valence-corrected chi connectivity index (χ2v) is 8.66. The third kappa shape index (κ3) is 4.88. The number of carbonyl (C=O) groups is 1. The van der Waals surface area contributed by atoms with Gasteiger partial charge in [0, 0.05) is 11.6 Å². The fraction of sp³-hybridized carbons (Fsp3) is 0.222. The van der Waals surface area contributed by atoms with Gasteiger partial charge in [0.05, 0.1) is 12.6 Å². The first-order valence-corrected chi connectivity index (χ1v) is 11.1. The molecule has 5 nitrogen and oxygen atoms in total. The smallest absolute Gasteiger partial charge is 0.265 e. The first-order chi connectivity index (χ1) is 16.2. The summed E-state index contributed by atoms with van der Waals surface area (Å²) in [6.45, 7) is 5.98. The van der Waals surface area contributed by atoms with Crippen molar-refractivity contribution < 1.29 is 13.6 Å². The van der Waals surface area contributed by atoms with Crippen molar-refractivity contribution in [2.24, 2.45) is 0 Å². The number of nitrogens with one attached hydrogen (secondary N) is 1. The molecule has 174 valence electrons. The SMILES string of the molecule is CC(C)c1cnc2c(c1)cc(C(=O)N[C@H](C)c1ccc(F)cc1)c(=O)n2Cc1ccc(F)cc1. The van der Waals surface area contributed by atoms with E-state index in [0.717, 1.165) is 5.56 Å². The van der Waals surface area contributed by atoms with Crippen molar-refractivity contribution in [1.82, 2.24) is 14.9 Å². The van der Waals surface area contributed by atoms with Crippen molar-refractivity contribution in [3.8, 4) is 0 Å². The highest BCUT2D eigenvalue weighted by atomic mass is 19.1. The van der Waals surface area contributed by atoms with Crippen molar-refractivity contribution in [2.45, 2.75) is 39.3 Å². The van der Waals surface area contributed by atoms with Crippen molar-refractivity contribution in [3.05, 3.63) is 111 Å². The Morgan fingerprint density at radius 2 is 1.56 bits per heavy atom. The lowest BCUT2D eigenvalue weighted by Crippen LogP contribution is -2.35. The van der Waals surface area contributed by atoms with Crippen LogP contribution in [0.5, 0.6) is 0 Å². The molecule has 0 saturated carbocycles. The molecular formula is C27H25F2N3O2. The van der Waals surface area contributed by atoms with Gasteiger partial charge in [0.25, 0.3) is 11.5 Å². The fourth-order valence-electron chi connectivity index (χ4n) is 3.79. The Labute approximate surface area is 196 Å². The molecule has 0 saturated heterocycles. The van der Waals surface area contributed by atoms with E-state index < -0.39 is 17.5 Å². The average molecular weight is 462 g/mol. The Kier molecular flexibility index (Phi) is 6.54. The number of hydrogen-bond acceptors (Lipinski definition) is 3. The molecule has 1 amide bonds. The number of rotatable bonds is 6. The maximum Gasteiger partial charge on any atom is 0.265 e. The van der Waals surface area contributed by atoms with Crippen molar-refractivity contribution in [3.63, 3.8) is 0 Å². The van der Waals surface area contributed by atoms with Crippen LogP contribution >= 0.6 is 0 Å². The number of carbonyl (C=O) groups excluding carboxylic acids is 1. The molecule has 0 spiro atoms. The standard InChI is InChI=1S/C27H25F2N3O2/c1-16(2)21-12-20-13-24(26(33)31-17(3)19-6-10-23(29)11-7-19)27(34)32(25(20)30-14-21)15-18-4-8-22(28)9-5-18/h4-14,16-17H,15H2,1-3H3,(H,31,33)/t17-/m1/s1. The summed E-state index contributed by atoms with van der Waals surface area (Å²) in [5, 5.41) is 3.49. The maximum absolute atomic E-state index is 13.4. The molecule has 0 fully saturated rings. The van der Waals surface area contributed by atoms with E-state index in [9.17, 15) is 18.4 Å². The number of fused-ring (bicyclic) bond motifs is 1. The van der Waals surface area contributed by atoms with Gasteiger partial charge in [-0.2, -0.15) is 0 Å². The Morgan fingerprint density at radius 1 is 0.941 bits per heavy atom. The molecule has 1 atom stereocenters. The van der Waals surface area contributed by atoms with Crippen LogP contribution in [0.4, 0.5) is 8.78 Å². The van der Waals surface area contributed by atoms with Crippen molar-refractivity contribution in [1.29, 1.82) is 0 Å². The van der Waals surface area contributed by atoms with Gasteiger partial charge in [-0.05, 0) is 65.9 Å². The van der Waals surface area contributed by atoms with E-state index in [0.29, 0.717) is 22.2 Å². The van der Waals surface area contributed by atoms with Gasteiger partial charge in [-0.15, -0.1) is 0 Å². The summed E-state index contributed by atoms with van der Waals surface area (Å²) >= 11 is 0. The summed E-state index contributed by atoms with van der Waals surface area (Å²) in [5.74, 6) is -1.06. The minimum absolute atomic E-state index is 0.0220. The number of benzene rings is 2. The lowest BCUT2D eigenvalue weighted by Gasteiger charge is -2.17. The van der Waals surface area contributed by atoms with Gasteiger partial charge in [0.2, 0.25) is 0 Å². The number of amides is 1. The van der Waals surface area contributed by atoms with Gasteiger partial charge in [-0.1, -0.05) is 38.1 Å². The van der Waals surface area contributed by atoms with Gasteiger partial charge in [0.1, 0.15) is 22.8 Å². The summed E-state index contributed by atoms with van der Waals surface area (Å²) in [7, 11) is 0. The van der Waals surface area contributed by atoms with Gasteiger partial charge in [-0.3, -0.25) is 14.2 Å². The first-order valence-electron chi connectivity index (χ1n) is 11.1. The zero-order valence-corrected chi connectivity index (χ0v) is 19.2. The molecular weight excluding hydrogens is 436 g/mol. The highest BCUT2D eigenvalue weighted by Gasteiger charge is 2.19. The fourth-order valence-corrected chi connectivity index (χ4v) is 3.79. The quantitative estimate of drug-likeness (QED) is 0.422. The summed E-state index contributed by atoms with van der Waals surface area (Å²) in [6.07, 6.45) is 1.73. The van der Waals surface area contributed by atoms with Crippen LogP contribution in [0.2, 0.25) is 0 Å². The molecule has 7 heteroatoms. The molecule has 0 unspecified atom stereocenters. The Hall–Kier alpha value is -3.87. The van der Waals surface area contributed by atoms with Crippen molar-refractivity contribution >= 4 is 16.9 Å². The summed E-state index contributed by atoms with van der Waals surface area (Å²) in [6, 6.07) is 14.7. The number of pyridine rings is 2. The van der Waals surface area contributed by atoms with Crippen LogP contribution in [0.15, 0.2) is 71.7 Å². The minimum Gasteiger partial charge on any atom is -0.345 e. The van der Waals surface area contributed by atoms with E-state index in [-0.39, 0.29) is 29.7 Å². The maximum atomic E-state index is 13.4. The number of nitrogens with zero attached hydrogens (tertiary/aromatic N) is 2. The molecule has 2 aromatic carbocycles. The van der Waals surface area contributed by atoms with E-state index in [2.05, 4.69) is 10.3 Å². The molecule has 0 aliphatic heterocycles. The topological polar surface area (TPSA) is 64.0 Å². The second-order valence-electron chi connectivity index (χ2n) is 8.66. The molecule has 0 radical (unpaired) electrons. The minimum atomic E-state index is -0.536. The molecule has 4 rings (SSSR count). The molecule has 2 aromatic heterocycles. The highest BCUT2D eigenvalue weighted by molar-refractivity contribution is 5.97. The number of aromatic nitrogens is 2. The zero-order chi connectivity index (χ0) is 24.4. The van der Waals surface area contributed by atoms with Crippen LogP contribution in [0.1, 0.15) is 59.8 Å². The van der Waals surface area contributed by atoms with E-state index in [1.165, 1.54) is 28.8 Å². The Balaban J connectivity index is 1.77. The lowest BCUT2D eigenvalue weighted by atomic mass is 10.0. The molecule has 34 heavy (non-hydrogen) atoms. The van der Waals surface area contributed by atoms with Gasteiger partial charge < -0.3 is 5.32 Å². The van der Waals surface area contributed by atoms with Crippen LogP contribution < -0.4 is 10.9 Å². The van der Waals surface area contributed by atoms with Gasteiger partial charge >= 0.3 is 0 Å². The monoisotopic (exact) mass is 461 g/mol. The normalized spacial score (nSPS) is 12.2. The largest absolute Gasteiger partial charge is 0.345 e. The summed E-state index contributed by atoms with van der Waals surface area (Å²) in [5.41, 5.74) is 2.33. The van der Waals surface area contributed by atoms with Gasteiger partial charge in [-0.25, -0.2) is 13.8 Å². The summed E-state index contributed by atoms with van der Waals surface area (Å²) in [4.78, 5) is 31.1. The average Bonchev–Trinajstić information content (AvgIpc) is 2.81. The first kappa shape index (κ1) is 23.3. The third-order valence-electron chi connectivity index (χ3n) is 5.83. The Morgan fingerprint density at radius 3 is 2.18 bits per heavy atom. The van der Waals surface area contributed by atoms with E-state index in [1.807, 2.05) is 19.9 Å². The Bertz CT molecular complexity index is 1390. The van der Waals surface area contributed by atoms with Crippen LogP contribution in [-0.2, 0) is 6.54 Å². The second kappa shape index (κ2) is 9.55. The van der Waals surface area contributed by atoms with Crippen LogP contribution in [-0.4, -0.2) is 15.5 Å². The van der Waals surface area contributed by atoms with Crippen LogP contribution in [0.3, 0.4) is 0 Å². The predicted octanol–water partition coefficient (Wildman–Crippen LogP) is 5.34. The van der Waals surface area contributed by atoms with E-state index in [1.54, 1.807) is 43.5 Å². The highest BCUT2D eigenvalue weighted by Crippen LogP contribution is 2.21. The third-order valence-corrected chi connectivity index (χ3v) is 5.83. The molecule has 0 aliphatic rings.